The van der Waals surface area contributed by atoms with Crippen LogP contribution in [0.25, 0.3) is 0 Å². The number of rotatable bonds is 2. The van der Waals surface area contributed by atoms with Gasteiger partial charge in [0.1, 0.15) is 0 Å². The van der Waals surface area contributed by atoms with Gasteiger partial charge < -0.3 is 4.84 Å². The van der Waals surface area contributed by atoms with Crippen LogP contribution >= 0.6 is 0 Å². The molecule has 2 nitrogen and oxygen atoms in total. The van der Waals surface area contributed by atoms with E-state index in [-0.39, 0.29) is 6.61 Å². The number of oxime groups is 1. The largest absolute Gasteiger partial charge is 0.383 e. The smallest absolute Gasteiger partial charge is 0.177 e. The summed E-state index contributed by atoms with van der Waals surface area (Å²) >= 11 is 0. The van der Waals surface area contributed by atoms with Crippen LogP contribution in [0.15, 0.2) is 5.16 Å². The zero-order valence-corrected chi connectivity index (χ0v) is 8.47. The lowest BCUT2D eigenvalue weighted by atomic mass is 9.77. The zero-order valence-electron chi connectivity index (χ0n) is 8.47. The number of nitrogens with zero attached hydrogens (tertiary/aromatic N) is 1. The summed E-state index contributed by atoms with van der Waals surface area (Å²) in [6.45, 7) is 4.82. The molecule has 13 heavy (non-hydrogen) atoms. The molecule has 2 heteroatoms. The van der Waals surface area contributed by atoms with Crippen LogP contribution in [0.5, 0.6) is 0 Å². The molecule has 0 unspecified atom stereocenters. The molecule has 0 heterocycles. The molecule has 1 fully saturated rings. The molecule has 0 aliphatic heterocycles. The molecule has 1 aliphatic rings. The summed E-state index contributed by atoms with van der Waals surface area (Å²) in [6.07, 6.45) is 9.65. The summed E-state index contributed by atoms with van der Waals surface area (Å²) in [4.78, 5) is 4.97. The summed E-state index contributed by atoms with van der Waals surface area (Å²) in [7, 11) is 0. The summed E-state index contributed by atoms with van der Waals surface area (Å²) in [5, 5.41) is 4.04. The van der Waals surface area contributed by atoms with Crippen molar-refractivity contribution in [3.8, 4) is 12.3 Å². The molecule has 0 N–H and O–H groups in total. The normalized spacial score (nSPS) is 23.9. The Bertz CT molecular complexity index is 235. The van der Waals surface area contributed by atoms with Crippen molar-refractivity contribution in [2.24, 2.45) is 10.6 Å². The van der Waals surface area contributed by atoms with Gasteiger partial charge in [-0.2, -0.15) is 0 Å². The van der Waals surface area contributed by atoms with Gasteiger partial charge in [0, 0.05) is 0 Å². The Labute approximate surface area is 80.3 Å². The molecule has 1 aliphatic carbocycles. The van der Waals surface area contributed by atoms with Gasteiger partial charge in [-0.3, -0.25) is 0 Å². The fraction of sp³-hybridized carbons (Fsp3) is 0.727. The van der Waals surface area contributed by atoms with Gasteiger partial charge in [0.25, 0.3) is 0 Å². The highest BCUT2D eigenvalue weighted by Crippen LogP contribution is 2.33. The molecule has 1 saturated carbocycles. The molecule has 0 spiro atoms. The molecule has 0 aromatic rings. The Hall–Kier alpha value is -0.970. The Balaban J connectivity index is 2.43. The average molecular weight is 179 g/mol. The molecular weight excluding hydrogens is 162 g/mol. The Kier molecular flexibility index (Phi) is 3.36. The van der Waals surface area contributed by atoms with Crippen molar-refractivity contribution >= 4 is 5.71 Å². The SMILES string of the molecule is C#CCO/N=C1/CCCC(C)(C)C1. The summed E-state index contributed by atoms with van der Waals surface area (Å²) in [5.74, 6) is 2.40. The van der Waals surface area contributed by atoms with Crippen molar-refractivity contribution in [2.45, 2.75) is 39.5 Å². The Morgan fingerprint density at radius 1 is 1.62 bits per heavy atom. The van der Waals surface area contributed by atoms with Crippen LogP contribution < -0.4 is 0 Å². The Morgan fingerprint density at radius 3 is 3.00 bits per heavy atom. The van der Waals surface area contributed by atoms with E-state index in [1.165, 1.54) is 12.8 Å². The maximum absolute atomic E-state index is 5.05. The second-order valence-electron chi connectivity index (χ2n) is 4.33. The average Bonchev–Trinajstić information content (AvgIpc) is 2.03. The predicted octanol–water partition coefficient (Wildman–Crippen LogP) is 2.59. The van der Waals surface area contributed by atoms with Crippen molar-refractivity contribution in [1.82, 2.24) is 0 Å². The van der Waals surface area contributed by atoms with E-state index in [2.05, 4.69) is 24.9 Å². The second kappa shape index (κ2) is 4.32. The van der Waals surface area contributed by atoms with Gasteiger partial charge in [0.05, 0.1) is 5.71 Å². The molecule has 0 saturated heterocycles. The van der Waals surface area contributed by atoms with E-state index in [0.717, 1.165) is 18.6 Å². The lowest BCUT2D eigenvalue weighted by Crippen LogP contribution is -2.22. The van der Waals surface area contributed by atoms with Crippen LogP contribution in [0.2, 0.25) is 0 Å². The van der Waals surface area contributed by atoms with Gasteiger partial charge >= 0.3 is 0 Å². The van der Waals surface area contributed by atoms with Crippen LogP contribution in [0.4, 0.5) is 0 Å². The van der Waals surface area contributed by atoms with Crippen molar-refractivity contribution in [3.63, 3.8) is 0 Å². The van der Waals surface area contributed by atoms with Crippen LogP contribution in [0.1, 0.15) is 39.5 Å². The number of terminal acetylenes is 1. The fourth-order valence-corrected chi connectivity index (χ4v) is 1.74. The number of hydrogen-bond donors (Lipinski definition) is 0. The third kappa shape index (κ3) is 3.50. The minimum Gasteiger partial charge on any atom is -0.383 e. The highest BCUT2D eigenvalue weighted by atomic mass is 16.6. The van der Waals surface area contributed by atoms with E-state index in [0.29, 0.717) is 5.41 Å². The van der Waals surface area contributed by atoms with Gasteiger partial charge in [0.15, 0.2) is 6.61 Å². The standard InChI is InChI=1S/C11H17NO/c1-4-8-13-12-10-6-5-7-11(2,3)9-10/h1H,5-9H2,2-3H3/b12-10-. The maximum atomic E-state index is 5.05. The summed E-state index contributed by atoms with van der Waals surface area (Å²) in [6, 6.07) is 0. The highest BCUT2D eigenvalue weighted by molar-refractivity contribution is 5.85. The zero-order chi connectivity index (χ0) is 9.73. The first-order chi connectivity index (χ1) is 6.14. The van der Waals surface area contributed by atoms with Crippen LogP contribution in [0.3, 0.4) is 0 Å². The molecule has 1 rings (SSSR count). The van der Waals surface area contributed by atoms with Gasteiger partial charge in [-0.15, -0.1) is 6.42 Å². The van der Waals surface area contributed by atoms with E-state index in [4.69, 9.17) is 11.3 Å². The molecule has 72 valence electrons. The maximum Gasteiger partial charge on any atom is 0.177 e. The van der Waals surface area contributed by atoms with Crippen molar-refractivity contribution in [2.75, 3.05) is 6.61 Å². The second-order valence-corrected chi connectivity index (χ2v) is 4.33. The molecule has 0 bridgehead atoms. The van der Waals surface area contributed by atoms with E-state index >= 15 is 0 Å². The van der Waals surface area contributed by atoms with Crippen molar-refractivity contribution in [3.05, 3.63) is 0 Å². The quantitative estimate of drug-likeness (QED) is 0.363. The van der Waals surface area contributed by atoms with Gasteiger partial charge in [-0.25, -0.2) is 0 Å². The van der Waals surface area contributed by atoms with Crippen molar-refractivity contribution < 1.29 is 4.84 Å². The van der Waals surface area contributed by atoms with Gasteiger partial charge in [-0.1, -0.05) is 24.9 Å². The third-order valence-corrected chi connectivity index (χ3v) is 2.34. The van der Waals surface area contributed by atoms with Crippen LogP contribution in [-0.2, 0) is 4.84 Å². The Morgan fingerprint density at radius 2 is 2.38 bits per heavy atom. The lowest BCUT2D eigenvalue weighted by Gasteiger charge is -2.29. The number of hydrogen-bond acceptors (Lipinski definition) is 2. The molecule has 0 amide bonds. The highest BCUT2D eigenvalue weighted by Gasteiger charge is 2.25. The molecular formula is C11H17NO. The fourth-order valence-electron chi connectivity index (χ4n) is 1.74. The molecule has 0 radical (unpaired) electrons. The lowest BCUT2D eigenvalue weighted by molar-refractivity contribution is 0.174. The van der Waals surface area contributed by atoms with Crippen molar-refractivity contribution in [1.29, 1.82) is 0 Å². The monoisotopic (exact) mass is 179 g/mol. The predicted molar refractivity (Wildman–Crippen MR) is 54.5 cm³/mol. The minimum absolute atomic E-state index is 0.282. The van der Waals surface area contributed by atoms with E-state index in [1.54, 1.807) is 0 Å². The molecule has 0 aromatic heterocycles. The van der Waals surface area contributed by atoms with Gasteiger partial charge in [0.2, 0.25) is 0 Å². The molecule has 0 atom stereocenters. The van der Waals surface area contributed by atoms with Gasteiger partial charge in [-0.05, 0) is 31.1 Å². The molecule has 0 aromatic carbocycles. The first kappa shape index (κ1) is 10.1. The topological polar surface area (TPSA) is 21.6 Å². The van der Waals surface area contributed by atoms with Crippen LogP contribution in [0, 0.1) is 17.8 Å². The summed E-state index contributed by atoms with van der Waals surface area (Å²) < 4.78 is 0. The van der Waals surface area contributed by atoms with E-state index < -0.39 is 0 Å². The van der Waals surface area contributed by atoms with Crippen LogP contribution in [-0.4, -0.2) is 12.3 Å². The van der Waals surface area contributed by atoms with E-state index in [9.17, 15) is 0 Å². The first-order valence-electron chi connectivity index (χ1n) is 4.75. The third-order valence-electron chi connectivity index (χ3n) is 2.34. The summed E-state index contributed by atoms with van der Waals surface area (Å²) in [5.41, 5.74) is 1.54. The first-order valence-corrected chi connectivity index (χ1v) is 4.75. The minimum atomic E-state index is 0.282. The van der Waals surface area contributed by atoms with E-state index in [1.807, 2.05) is 0 Å².